The largest absolute Gasteiger partial charge is 0.494 e. The second-order valence-corrected chi connectivity index (χ2v) is 12.1. The summed E-state index contributed by atoms with van der Waals surface area (Å²) in [4.78, 5) is 44.1. The van der Waals surface area contributed by atoms with Crippen molar-refractivity contribution in [3.63, 3.8) is 0 Å². The van der Waals surface area contributed by atoms with Gasteiger partial charge in [-0.2, -0.15) is 0 Å². The maximum absolute atomic E-state index is 12.5. The topological polar surface area (TPSA) is 88.2 Å². The van der Waals surface area contributed by atoms with Crippen LogP contribution in [-0.4, -0.2) is 55.0 Å². The highest BCUT2D eigenvalue weighted by Gasteiger charge is 2.28. The molecule has 1 N–H and O–H groups in total. The van der Waals surface area contributed by atoms with Gasteiger partial charge in [-0.25, -0.2) is 4.79 Å². The first-order valence-electron chi connectivity index (χ1n) is 15.9. The molecular formula is C37H43N3O5. The average Bonchev–Trinajstić information content (AvgIpc) is 3.26. The molecule has 1 saturated heterocycles. The van der Waals surface area contributed by atoms with E-state index in [0.29, 0.717) is 56.0 Å². The molecule has 1 aliphatic carbocycles. The van der Waals surface area contributed by atoms with Crippen molar-refractivity contribution in [3.8, 4) is 5.75 Å². The lowest BCUT2D eigenvalue weighted by atomic mass is 9.84. The van der Waals surface area contributed by atoms with Crippen LogP contribution in [0.3, 0.4) is 0 Å². The Hall–Kier alpha value is -4.43. The summed E-state index contributed by atoms with van der Waals surface area (Å²) >= 11 is 0. The van der Waals surface area contributed by atoms with Crippen molar-refractivity contribution in [2.75, 3.05) is 27.2 Å². The molecule has 1 heterocycles. The molecule has 0 radical (unpaired) electrons. The van der Waals surface area contributed by atoms with E-state index in [1.54, 1.807) is 24.3 Å². The molecule has 1 aliphatic heterocycles. The zero-order valence-electron chi connectivity index (χ0n) is 26.3. The number of ether oxygens (including phenoxy) is 1. The number of allylic oxidation sites excluding steroid dienone is 1. The Balaban J connectivity index is 1.07. The minimum absolute atomic E-state index is 0.0617. The highest BCUT2D eigenvalue weighted by Crippen LogP contribution is 2.38. The third kappa shape index (κ3) is 8.39. The van der Waals surface area contributed by atoms with Crippen molar-refractivity contribution in [2.45, 2.75) is 63.8 Å². The van der Waals surface area contributed by atoms with E-state index in [-0.39, 0.29) is 11.8 Å². The van der Waals surface area contributed by atoms with E-state index >= 15 is 0 Å². The zero-order chi connectivity index (χ0) is 31.8. The van der Waals surface area contributed by atoms with Crippen molar-refractivity contribution < 1.29 is 24.0 Å². The standard InChI is InChI=1S/C37H43N3O5/c1-26-12-21-36(42)40(26)45-37(43)29-15-13-27(14-16-29)25-38-35(41)11-7-23-44-31-19-20-33-30(24-31)18-17-28-8-4-5-9-32(28)34(33)10-6-22-39(2)3/h4-5,8-9,13-16,19-20,24,34H,1,6-7,10-12,17-18,21-23,25H2,2-3H3,(H,38,41). The average molecular weight is 610 g/mol. The molecule has 2 aliphatic rings. The molecule has 1 atom stereocenters. The fourth-order valence-electron chi connectivity index (χ4n) is 6.04. The zero-order valence-corrected chi connectivity index (χ0v) is 26.3. The predicted molar refractivity (Wildman–Crippen MR) is 174 cm³/mol. The summed E-state index contributed by atoms with van der Waals surface area (Å²) in [6.07, 6.45) is 6.01. The molecule has 0 bridgehead atoms. The first-order chi connectivity index (χ1) is 21.8. The molecule has 1 fully saturated rings. The number of fused-ring (bicyclic) bond motifs is 2. The van der Waals surface area contributed by atoms with Crippen LogP contribution in [0.15, 0.2) is 79.0 Å². The lowest BCUT2D eigenvalue weighted by Crippen LogP contribution is -2.27. The minimum atomic E-state index is -0.624. The summed E-state index contributed by atoms with van der Waals surface area (Å²) in [7, 11) is 4.25. The Kier molecular flexibility index (Phi) is 10.7. The number of aryl methyl sites for hydroxylation is 2. The Bertz CT molecular complexity index is 1520. The lowest BCUT2D eigenvalue weighted by molar-refractivity contribution is -0.153. The quantitative estimate of drug-likeness (QED) is 0.241. The van der Waals surface area contributed by atoms with Crippen LogP contribution >= 0.6 is 0 Å². The van der Waals surface area contributed by atoms with E-state index in [1.807, 2.05) is 0 Å². The number of hydrogen-bond acceptors (Lipinski definition) is 6. The molecule has 236 valence electrons. The van der Waals surface area contributed by atoms with Crippen molar-refractivity contribution in [3.05, 3.63) is 112 Å². The lowest BCUT2D eigenvalue weighted by Gasteiger charge is -2.22. The van der Waals surface area contributed by atoms with Crippen LogP contribution in [0.2, 0.25) is 0 Å². The third-order valence-corrected chi connectivity index (χ3v) is 8.49. The SMILES string of the molecule is C=C1CCC(=O)N1OC(=O)c1ccc(CNC(=O)CCCOc2ccc3c(c2)CCc2ccccc2C3CCCN(C)C)cc1. The minimum Gasteiger partial charge on any atom is -0.494 e. The number of hydrogen-bond donors (Lipinski definition) is 1. The highest BCUT2D eigenvalue weighted by atomic mass is 16.7. The van der Waals surface area contributed by atoms with E-state index < -0.39 is 5.97 Å². The van der Waals surface area contributed by atoms with Gasteiger partial charge in [-0.1, -0.05) is 49.0 Å². The monoisotopic (exact) mass is 609 g/mol. The van der Waals surface area contributed by atoms with Gasteiger partial charge in [0, 0.05) is 25.3 Å². The van der Waals surface area contributed by atoms with E-state index in [9.17, 15) is 14.4 Å². The molecule has 45 heavy (non-hydrogen) atoms. The number of carbonyl (C=O) groups excluding carboxylic acids is 3. The Labute approximate surface area is 266 Å². The van der Waals surface area contributed by atoms with E-state index in [4.69, 9.17) is 9.57 Å². The van der Waals surface area contributed by atoms with Gasteiger partial charge < -0.3 is 19.8 Å². The van der Waals surface area contributed by atoms with Gasteiger partial charge in [0.05, 0.1) is 17.9 Å². The number of nitrogens with one attached hydrogen (secondary N) is 1. The van der Waals surface area contributed by atoms with E-state index in [0.717, 1.165) is 48.6 Å². The maximum atomic E-state index is 12.5. The molecule has 8 nitrogen and oxygen atoms in total. The number of hydroxylamine groups is 2. The summed E-state index contributed by atoms with van der Waals surface area (Å²) in [5, 5.41) is 3.89. The molecule has 1 unspecified atom stereocenters. The first kappa shape index (κ1) is 32.0. The molecular weight excluding hydrogens is 566 g/mol. The van der Waals surface area contributed by atoms with Crippen molar-refractivity contribution >= 4 is 17.8 Å². The second kappa shape index (κ2) is 15.0. The van der Waals surface area contributed by atoms with Crippen LogP contribution in [0.1, 0.15) is 82.6 Å². The Morgan fingerprint density at radius 2 is 1.69 bits per heavy atom. The van der Waals surface area contributed by atoms with Crippen molar-refractivity contribution in [2.24, 2.45) is 0 Å². The van der Waals surface area contributed by atoms with Crippen LogP contribution in [0.4, 0.5) is 0 Å². The molecule has 2 amide bonds. The maximum Gasteiger partial charge on any atom is 0.363 e. The summed E-state index contributed by atoms with van der Waals surface area (Å²) in [5.74, 6) is 0.281. The predicted octanol–water partition coefficient (Wildman–Crippen LogP) is 5.94. The molecule has 3 aromatic carbocycles. The molecule has 8 heteroatoms. The second-order valence-electron chi connectivity index (χ2n) is 12.1. The summed E-state index contributed by atoms with van der Waals surface area (Å²) in [6, 6.07) is 22.1. The summed E-state index contributed by atoms with van der Waals surface area (Å²) < 4.78 is 6.09. The number of amides is 2. The number of rotatable bonds is 13. The van der Waals surface area contributed by atoms with Gasteiger partial charge in [0.15, 0.2) is 0 Å². The van der Waals surface area contributed by atoms with Crippen LogP contribution in [0.5, 0.6) is 5.75 Å². The molecule has 0 spiro atoms. The van der Waals surface area contributed by atoms with Gasteiger partial charge in [0.1, 0.15) is 5.75 Å². The van der Waals surface area contributed by atoms with Gasteiger partial charge in [0.2, 0.25) is 5.91 Å². The Morgan fingerprint density at radius 1 is 0.933 bits per heavy atom. The summed E-state index contributed by atoms with van der Waals surface area (Å²) in [5.41, 5.74) is 7.30. The molecule has 5 rings (SSSR count). The number of benzene rings is 3. The van der Waals surface area contributed by atoms with Gasteiger partial charge in [0.25, 0.3) is 5.91 Å². The van der Waals surface area contributed by atoms with Crippen LogP contribution < -0.4 is 10.1 Å². The van der Waals surface area contributed by atoms with E-state index in [1.165, 1.54) is 22.3 Å². The molecule has 0 saturated carbocycles. The third-order valence-electron chi connectivity index (χ3n) is 8.49. The summed E-state index contributed by atoms with van der Waals surface area (Å²) in [6.45, 7) is 5.63. The molecule has 3 aromatic rings. The van der Waals surface area contributed by atoms with Crippen LogP contribution in [0, 0.1) is 0 Å². The van der Waals surface area contributed by atoms with Crippen LogP contribution in [0.25, 0.3) is 0 Å². The normalized spacial score (nSPS) is 15.8. The van der Waals surface area contributed by atoms with Gasteiger partial charge in [-0.15, -0.1) is 5.06 Å². The first-order valence-corrected chi connectivity index (χ1v) is 15.9. The smallest absolute Gasteiger partial charge is 0.363 e. The van der Waals surface area contributed by atoms with E-state index in [2.05, 4.69) is 73.4 Å². The molecule has 0 aromatic heterocycles. The van der Waals surface area contributed by atoms with Crippen molar-refractivity contribution in [1.29, 1.82) is 0 Å². The highest BCUT2D eigenvalue weighted by molar-refractivity contribution is 5.91. The van der Waals surface area contributed by atoms with Crippen LogP contribution in [-0.2, 0) is 33.8 Å². The number of carbonyl (C=O) groups is 3. The fraction of sp³-hybridized carbons (Fsp3) is 0.378. The van der Waals surface area contributed by atoms with Crippen molar-refractivity contribution in [1.82, 2.24) is 15.3 Å². The van der Waals surface area contributed by atoms with Gasteiger partial charge in [-0.05, 0) is 111 Å². The Morgan fingerprint density at radius 3 is 2.44 bits per heavy atom. The fourth-order valence-corrected chi connectivity index (χ4v) is 6.04. The number of nitrogens with zero attached hydrogens (tertiary/aromatic N) is 2. The van der Waals surface area contributed by atoms with Gasteiger partial charge in [-0.3, -0.25) is 9.59 Å². The van der Waals surface area contributed by atoms with Gasteiger partial charge >= 0.3 is 5.97 Å².